The zero-order chi connectivity index (χ0) is 13.3. The van der Waals surface area contributed by atoms with Crippen LogP contribution in [0.2, 0.25) is 0 Å². The van der Waals surface area contributed by atoms with Crippen LogP contribution in [0.25, 0.3) is 0 Å². The van der Waals surface area contributed by atoms with Gasteiger partial charge in [-0.25, -0.2) is 0 Å². The van der Waals surface area contributed by atoms with Crippen molar-refractivity contribution >= 4 is 5.91 Å². The van der Waals surface area contributed by atoms with E-state index in [-0.39, 0.29) is 17.2 Å². The minimum Gasteiger partial charge on any atom is -0.355 e. The Bertz CT molecular complexity index is 448. The molecule has 0 bridgehead atoms. The van der Waals surface area contributed by atoms with Crippen molar-refractivity contribution in [3.63, 3.8) is 0 Å². The Hall–Kier alpha value is -1.31. The quantitative estimate of drug-likeness (QED) is 0.881. The Labute approximate surface area is 115 Å². The van der Waals surface area contributed by atoms with Gasteiger partial charge >= 0.3 is 0 Å². The standard InChI is InChI=1S/C17H23NO/c1-13-11-15(13)16(19)18-12-17(9-5-6-10-17)14-7-3-2-4-8-14/h2-4,7-8,13,15H,5-6,9-12H2,1H3,(H,18,19). The minimum atomic E-state index is 0.190. The third kappa shape index (κ3) is 2.54. The van der Waals surface area contributed by atoms with E-state index in [0.717, 1.165) is 13.0 Å². The Kier molecular flexibility index (Phi) is 3.34. The zero-order valence-corrected chi connectivity index (χ0v) is 11.7. The summed E-state index contributed by atoms with van der Waals surface area (Å²) in [5.41, 5.74) is 1.59. The molecule has 3 rings (SSSR count). The average molecular weight is 257 g/mol. The number of carbonyl (C=O) groups excluding carboxylic acids is 1. The highest BCUT2D eigenvalue weighted by Gasteiger charge is 2.41. The van der Waals surface area contributed by atoms with Crippen molar-refractivity contribution in [2.45, 2.75) is 44.4 Å². The van der Waals surface area contributed by atoms with E-state index < -0.39 is 0 Å². The highest BCUT2D eigenvalue weighted by Crippen LogP contribution is 2.41. The summed E-state index contributed by atoms with van der Waals surface area (Å²) < 4.78 is 0. The summed E-state index contributed by atoms with van der Waals surface area (Å²) >= 11 is 0. The first-order valence-corrected chi connectivity index (χ1v) is 7.54. The van der Waals surface area contributed by atoms with Gasteiger partial charge in [-0.2, -0.15) is 0 Å². The van der Waals surface area contributed by atoms with Crippen LogP contribution in [0.4, 0.5) is 0 Å². The molecule has 1 aromatic rings. The van der Waals surface area contributed by atoms with Gasteiger partial charge in [0.05, 0.1) is 0 Å². The van der Waals surface area contributed by atoms with Gasteiger partial charge in [0.1, 0.15) is 0 Å². The maximum Gasteiger partial charge on any atom is 0.223 e. The highest BCUT2D eigenvalue weighted by atomic mass is 16.2. The zero-order valence-electron chi connectivity index (χ0n) is 11.7. The van der Waals surface area contributed by atoms with Crippen molar-refractivity contribution < 1.29 is 4.79 Å². The predicted molar refractivity (Wildman–Crippen MR) is 76.9 cm³/mol. The Morgan fingerprint density at radius 1 is 1.26 bits per heavy atom. The predicted octanol–water partition coefficient (Wildman–Crippen LogP) is 3.27. The molecule has 0 aliphatic heterocycles. The number of benzene rings is 1. The molecule has 0 heterocycles. The average Bonchev–Trinajstić information content (AvgIpc) is 3.00. The van der Waals surface area contributed by atoms with Crippen LogP contribution in [-0.4, -0.2) is 12.5 Å². The van der Waals surface area contributed by atoms with Crippen LogP contribution >= 0.6 is 0 Å². The summed E-state index contributed by atoms with van der Waals surface area (Å²) in [6.07, 6.45) is 6.05. The van der Waals surface area contributed by atoms with Gasteiger partial charge in [-0.3, -0.25) is 4.79 Å². The first kappa shape index (κ1) is 12.7. The number of hydrogen-bond donors (Lipinski definition) is 1. The van der Waals surface area contributed by atoms with Crippen LogP contribution in [0.5, 0.6) is 0 Å². The maximum atomic E-state index is 12.0. The molecule has 2 aliphatic rings. The molecule has 19 heavy (non-hydrogen) atoms. The normalized spacial score (nSPS) is 28.1. The second kappa shape index (κ2) is 4.99. The van der Waals surface area contributed by atoms with Crippen molar-refractivity contribution in [3.05, 3.63) is 35.9 Å². The number of nitrogens with one attached hydrogen (secondary N) is 1. The third-order valence-corrected chi connectivity index (χ3v) is 4.99. The number of carbonyl (C=O) groups is 1. The Morgan fingerprint density at radius 2 is 1.89 bits per heavy atom. The fourth-order valence-electron chi connectivity index (χ4n) is 3.49. The summed E-state index contributed by atoms with van der Waals surface area (Å²) in [5.74, 6) is 1.15. The fraction of sp³-hybridized carbons (Fsp3) is 0.588. The van der Waals surface area contributed by atoms with E-state index in [1.165, 1.54) is 31.2 Å². The molecule has 2 fully saturated rings. The largest absolute Gasteiger partial charge is 0.355 e. The van der Waals surface area contributed by atoms with Gasteiger partial charge < -0.3 is 5.32 Å². The van der Waals surface area contributed by atoms with E-state index in [1.807, 2.05) is 0 Å². The number of rotatable bonds is 4. The van der Waals surface area contributed by atoms with E-state index >= 15 is 0 Å². The summed E-state index contributed by atoms with van der Waals surface area (Å²) in [5, 5.41) is 3.22. The molecule has 0 aromatic heterocycles. The Balaban J connectivity index is 1.69. The smallest absolute Gasteiger partial charge is 0.223 e. The van der Waals surface area contributed by atoms with Crippen LogP contribution in [0, 0.1) is 11.8 Å². The van der Waals surface area contributed by atoms with Crippen LogP contribution < -0.4 is 5.32 Å². The van der Waals surface area contributed by atoms with Crippen LogP contribution in [0.15, 0.2) is 30.3 Å². The van der Waals surface area contributed by atoms with Gasteiger partial charge in [0, 0.05) is 17.9 Å². The summed E-state index contributed by atoms with van der Waals surface area (Å²) in [6, 6.07) is 10.7. The van der Waals surface area contributed by atoms with Crippen molar-refractivity contribution in [1.29, 1.82) is 0 Å². The van der Waals surface area contributed by atoms with Crippen molar-refractivity contribution in [2.24, 2.45) is 11.8 Å². The van der Waals surface area contributed by atoms with Gasteiger partial charge in [0.15, 0.2) is 0 Å². The third-order valence-electron chi connectivity index (χ3n) is 4.99. The molecule has 2 atom stereocenters. The van der Waals surface area contributed by atoms with Crippen molar-refractivity contribution in [2.75, 3.05) is 6.54 Å². The molecule has 2 nitrogen and oxygen atoms in total. The molecule has 1 aromatic carbocycles. The summed E-state index contributed by atoms with van der Waals surface area (Å²) in [4.78, 5) is 12.0. The first-order valence-electron chi connectivity index (χ1n) is 7.54. The summed E-state index contributed by atoms with van der Waals surface area (Å²) in [6.45, 7) is 2.98. The second-order valence-electron chi connectivity index (χ2n) is 6.39. The molecule has 1 N–H and O–H groups in total. The van der Waals surface area contributed by atoms with Crippen LogP contribution in [0.3, 0.4) is 0 Å². The lowest BCUT2D eigenvalue weighted by molar-refractivity contribution is -0.122. The minimum absolute atomic E-state index is 0.190. The topological polar surface area (TPSA) is 29.1 Å². The lowest BCUT2D eigenvalue weighted by Crippen LogP contribution is -2.39. The number of amides is 1. The van der Waals surface area contributed by atoms with E-state index in [0.29, 0.717) is 5.92 Å². The monoisotopic (exact) mass is 257 g/mol. The fourth-order valence-corrected chi connectivity index (χ4v) is 3.49. The SMILES string of the molecule is CC1CC1C(=O)NCC1(c2ccccc2)CCCC1. The second-order valence-corrected chi connectivity index (χ2v) is 6.39. The lowest BCUT2D eigenvalue weighted by Gasteiger charge is -2.30. The van der Waals surface area contributed by atoms with Gasteiger partial charge in [-0.1, -0.05) is 50.1 Å². The molecule has 2 heteroatoms. The van der Waals surface area contributed by atoms with Gasteiger partial charge in [-0.05, 0) is 30.7 Å². The van der Waals surface area contributed by atoms with E-state index in [4.69, 9.17) is 0 Å². The van der Waals surface area contributed by atoms with Gasteiger partial charge in [-0.15, -0.1) is 0 Å². The number of hydrogen-bond acceptors (Lipinski definition) is 1. The lowest BCUT2D eigenvalue weighted by atomic mass is 9.79. The Morgan fingerprint density at radius 3 is 2.47 bits per heavy atom. The van der Waals surface area contributed by atoms with Crippen molar-refractivity contribution in [3.8, 4) is 0 Å². The van der Waals surface area contributed by atoms with Crippen molar-refractivity contribution in [1.82, 2.24) is 5.32 Å². The first-order chi connectivity index (χ1) is 9.21. The molecule has 1 amide bonds. The maximum absolute atomic E-state index is 12.0. The molecule has 102 valence electrons. The van der Waals surface area contributed by atoms with E-state index in [9.17, 15) is 4.79 Å². The molecule has 2 saturated carbocycles. The molecule has 2 aliphatic carbocycles. The molecular weight excluding hydrogens is 234 g/mol. The van der Waals surface area contributed by atoms with E-state index in [2.05, 4.69) is 42.6 Å². The van der Waals surface area contributed by atoms with Crippen LogP contribution in [0.1, 0.15) is 44.6 Å². The summed E-state index contributed by atoms with van der Waals surface area (Å²) in [7, 11) is 0. The molecular formula is C17H23NO. The molecule has 2 unspecified atom stereocenters. The van der Waals surface area contributed by atoms with Crippen LogP contribution in [-0.2, 0) is 10.2 Å². The highest BCUT2D eigenvalue weighted by molar-refractivity contribution is 5.81. The van der Waals surface area contributed by atoms with Gasteiger partial charge in [0.2, 0.25) is 5.91 Å². The molecule has 0 radical (unpaired) electrons. The van der Waals surface area contributed by atoms with E-state index in [1.54, 1.807) is 0 Å². The molecule has 0 spiro atoms. The van der Waals surface area contributed by atoms with Gasteiger partial charge in [0.25, 0.3) is 0 Å². The molecule has 0 saturated heterocycles.